The lowest BCUT2D eigenvalue weighted by molar-refractivity contribution is -0.162. The Morgan fingerprint density at radius 2 is 1.50 bits per heavy atom. The van der Waals surface area contributed by atoms with Crippen molar-refractivity contribution in [1.29, 1.82) is 0 Å². The van der Waals surface area contributed by atoms with E-state index in [4.69, 9.17) is 20.2 Å². The van der Waals surface area contributed by atoms with Gasteiger partial charge in [0.1, 0.15) is 5.75 Å². The minimum atomic E-state index is -1.22. The first-order valence-electron chi connectivity index (χ1n) is 9.98. The van der Waals surface area contributed by atoms with Gasteiger partial charge in [0.2, 0.25) is 11.7 Å². The van der Waals surface area contributed by atoms with E-state index < -0.39 is 18.2 Å². The van der Waals surface area contributed by atoms with Crippen LogP contribution in [0, 0.1) is 0 Å². The summed E-state index contributed by atoms with van der Waals surface area (Å²) in [6.45, 7) is 0. The summed E-state index contributed by atoms with van der Waals surface area (Å²) in [6, 6.07) is 25.1. The molecule has 0 aliphatic rings. The van der Waals surface area contributed by atoms with E-state index in [9.17, 15) is 9.59 Å². The van der Waals surface area contributed by atoms with Crippen LogP contribution in [0.15, 0.2) is 89.7 Å². The van der Waals surface area contributed by atoms with Crippen LogP contribution in [-0.2, 0) is 14.4 Å². The van der Waals surface area contributed by atoms with Crippen molar-refractivity contribution in [2.75, 3.05) is 7.11 Å². The van der Waals surface area contributed by atoms with Crippen molar-refractivity contribution in [2.45, 2.75) is 12.2 Å². The van der Waals surface area contributed by atoms with Crippen molar-refractivity contribution >= 4 is 16.9 Å². The number of benzene rings is 3. The molecule has 0 fully saturated rings. The second-order valence-corrected chi connectivity index (χ2v) is 7.12. The zero-order valence-corrected chi connectivity index (χ0v) is 17.4. The molecule has 0 saturated heterocycles. The number of nitrogens with one attached hydrogen (secondary N) is 1. The van der Waals surface area contributed by atoms with Crippen LogP contribution in [0.3, 0.4) is 0 Å². The molecule has 0 saturated carbocycles. The topological polar surface area (TPSA) is 104 Å². The Morgan fingerprint density at radius 3 is 2.06 bits per heavy atom. The zero-order chi connectivity index (χ0) is 22.5. The largest absolute Gasteiger partial charge is 0.495 e. The molecule has 7 nitrogen and oxygen atoms in total. The molecule has 1 atom stereocenters. The van der Waals surface area contributed by atoms with Gasteiger partial charge in [-0.2, -0.15) is 0 Å². The van der Waals surface area contributed by atoms with Gasteiger partial charge in [0.25, 0.3) is 0 Å². The van der Waals surface area contributed by atoms with E-state index in [2.05, 4.69) is 4.98 Å². The van der Waals surface area contributed by atoms with Crippen LogP contribution in [0.2, 0.25) is 0 Å². The molecule has 0 radical (unpaired) electrons. The minimum absolute atomic E-state index is 0.297. The Balaban J connectivity index is 1.73. The number of aromatic nitrogens is 1. The van der Waals surface area contributed by atoms with Gasteiger partial charge in [-0.3, -0.25) is 9.63 Å². The van der Waals surface area contributed by atoms with Gasteiger partial charge in [-0.25, -0.2) is 10.7 Å². The minimum Gasteiger partial charge on any atom is -0.495 e. The summed E-state index contributed by atoms with van der Waals surface area (Å²) in [5.74, 6) is 5.34. The molecule has 7 heteroatoms. The maximum absolute atomic E-state index is 13.3. The van der Waals surface area contributed by atoms with Gasteiger partial charge in [0, 0.05) is 17.0 Å². The standard InChI is InChI=1S/C25H22N2O5/c1-30-20-14-12-19(18-13-15-21(28)27-22(18)20)24(32-26)25(29)31-23(16-8-4-2-5-9-16)17-10-6-3-7-11-17/h2-15,23-24H,26H2,1H3,(H,27,28). The molecule has 1 heterocycles. The number of carbonyl (C=O) groups excluding carboxylic acids is 1. The Bertz CT molecular complexity index is 1230. The first-order valence-corrected chi connectivity index (χ1v) is 9.98. The molecule has 0 amide bonds. The summed E-state index contributed by atoms with van der Waals surface area (Å²) in [6.07, 6.45) is -1.86. The number of ether oxygens (including phenoxy) is 2. The highest BCUT2D eigenvalue weighted by atomic mass is 16.7. The molecule has 3 N–H and O–H groups in total. The summed E-state index contributed by atoms with van der Waals surface area (Å²) < 4.78 is 11.2. The third kappa shape index (κ3) is 4.25. The average Bonchev–Trinajstić information content (AvgIpc) is 2.84. The monoisotopic (exact) mass is 430 g/mol. The van der Waals surface area contributed by atoms with Gasteiger partial charge in [0.05, 0.1) is 12.6 Å². The van der Waals surface area contributed by atoms with Gasteiger partial charge in [-0.1, -0.05) is 66.7 Å². The lowest BCUT2D eigenvalue weighted by Crippen LogP contribution is -2.24. The molecule has 4 rings (SSSR count). The van der Waals surface area contributed by atoms with Gasteiger partial charge in [0.15, 0.2) is 6.10 Å². The van der Waals surface area contributed by atoms with Crippen LogP contribution in [0.25, 0.3) is 10.9 Å². The lowest BCUT2D eigenvalue weighted by Gasteiger charge is -2.23. The Labute approximate surface area is 184 Å². The van der Waals surface area contributed by atoms with Crippen molar-refractivity contribution in [1.82, 2.24) is 4.98 Å². The second kappa shape index (κ2) is 9.47. The number of hydrogen-bond acceptors (Lipinski definition) is 6. The molecule has 0 bridgehead atoms. The summed E-state index contributed by atoms with van der Waals surface area (Å²) in [4.78, 5) is 32.9. The molecule has 4 aromatic rings. The number of H-pyrrole nitrogens is 1. The molecule has 1 unspecified atom stereocenters. The lowest BCUT2D eigenvalue weighted by atomic mass is 10.0. The summed E-state index contributed by atoms with van der Waals surface area (Å²) in [7, 11) is 1.50. The van der Waals surface area contributed by atoms with Crippen molar-refractivity contribution in [3.05, 3.63) is 112 Å². The first-order chi connectivity index (χ1) is 15.6. The van der Waals surface area contributed by atoms with Crippen LogP contribution >= 0.6 is 0 Å². The molecule has 0 aliphatic carbocycles. The zero-order valence-electron chi connectivity index (χ0n) is 17.4. The second-order valence-electron chi connectivity index (χ2n) is 7.12. The molecule has 162 valence electrons. The van der Waals surface area contributed by atoms with Gasteiger partial charge in [-0.05, 0) is 23.3 Å². The predicted octanol–water partition coefficient (Wildman–Crippen LogP) is 3.80. The number of methoxy groups -OCH3 is 1. The molecule has 3 aromatic carbocycles. The fraction of sp³-hybridized carbons (Fsp3) is 0.120. The quantitative estimate of drug-likeness (QED) is 0.341. The molecular weight excluding hydrogens is 408 g/mol. The highest BCUT2D eigenvalue weighted by Crippen LogP contribution is 2.33. The van der Waals surface area contributed by atoms with E-state index in [0.717, 1.165) is 11.1 Å². The highest BCUT2D eigenvalue weighted by Gasteiger charge is 2.29. The Morgan fingerprint density at radius 1 is 0.875 bits per heavy atom. The van der Waals surface area contributed by atoms with Gasteiger partial charge in [-0.15, -0.1) is 0 Å². The number of fused-ring (bicyclic) bond motifs is 1. The van der Waals surface area contributed by atoms with Crippen molar-refractivity contribution in [3.63, 3.8) is 0 Å². The van der Waals surface area contributed by atoms with Crippen molar-refractivity contribution in [2.24, 2.45) is 5.90 Å². The fourth-order valence-electron chi connectivity index (χ4n) is 3.66. The highest BCUT2D eigenvalue weighted by molar-refractivity contribution is 5.91. The Hall–Kier alpha value is -3.94. The van der Waals surface area contributed by atoms with E-state index in [1.165, 1.54) is 13.2 Å². The number of hydrogen-bond donors (Lipinski definition) is 2. The number of pyridine rings is 1. The van der Waals surface area contributed by atoms with Crippen LogP contribution < -0.4 is 16.2 Å². The van der Waals surface area contributed by atoms with E-state index in [1.54, 1.807) is 18.2 Å². The SMILES string of the molecule is COc1ccc(C(ON)C(=O)OC(c2ccccc2)c2ccccc2)c2ccc(=O)[nH]c12. The van der Waals surface area contributed by atoms with E-state index in [1.807, 2.05) is 60.7 Å². The third-order valence-electron chi connectivity index (χ3n) is 5.18. The van der Waals surface area contributed by atoms with Gasteiger partial charge < -0.3 is 14.5 Å². The van der Waals surface area contributed by atoms with E-state index >= 15 is 0 Å². The smallest absolute Gasteiger partial charge is 0.343 e. The van der Waals surface area contributed by atoms with Crippen molar-refractivity contribution in [3.8, 4) is 5.75 Å². The van der Waals surface area contributed by atoms with Crippen LogP contribution in [-0.4, -0.2) is 18.1 Å². The average molecular weight is 430 g/mol. The number of aromatic amines is 1. The Kier molecular flexibility index (Phi) is 6.30. The van der Waals surface area contributed by atoms with Gasteiger partial charge >= 0.3 is 5.97 Å². The molecular formula is C25H22N2O5. The van der Waals surface area contributed by atoms with E-state index in [0.29, 0.717) is 22.2 Å². The molecule has 32 heavy (non-hydrogen) atoms. The molecule has 1 aromatic heterocycles. The van der Waals surface area contributed by atoms with Crippen LogP contribution in [0.1, 0.15) is 28.9 Å². The summed E-state index contributed by atoms with van der Waals surface area (Å²) >= 11 is 0. The van der Waals surface area contributed by atoms with Crippen molar-refractivity contribution < 1.29 is 19.1 Å². The number of nitrogens with two attached hydrogens (primary N) is 1. The molecule has 0 aliphatic heterocycles. The maximum atomic E-state index is 13.3. The van der Waals surface area contributed by atoms with E-state index in [-0.39, 0.29) is 5.56 Å². The normalized spacial score (nSPS) is 12.0. The number of carbonyl (C=O) groups is 1. The maximum Gasteiger partial charge on any atom is 0.343 e. The summed E-state index contributed by atoms with van der Waals surface area (Å²) in [5.41, 5.74) is 2.21. The third-order valence-corrected chi connectivity index (χ3v) is 5.18. The van der Waals surface area contributed by atoms with Crippen LogP contribution in [0.5, 0.6) is 5.75 Å². The molecule has 0 spiro atoms. The summed E-state index contributed by atoms with van der Waals surface area (Å²) in [5, 5.41) is 0.562. The number of rotatable bonds is 7. The predicted molar refractivity (Wildman–Crippen MR) is 120 cm³/mol. The fourth-order valence-corrected chi connectivity index (χ4v) is 3.66. The first kappa shape index (κ1) is 21.3. The van der Waals surface area contributed by atoms with Crippen LogP contribution in [0.4, 0.5) is 0 Å². The number of esters is 1.